The SMILES string of the molecule is O=C(c1cccs1)N1CCO[C@H]2[C@H](OCC3CC3)CC[C@@H]21. The van der Waals surface area contributed by atoms with Crippen LogP contribution in [0.2, 0.25) is 0 Å². The summed E-state index contributed by atoms with van der Waals surface area (Å²) in [5.74, 6) is 0.933. The molecule has 2 heterocycles. The second-order valence-corrected chi connectivity index (χ2v) is 7.22. The van der Waals surface area contributed by atoms with Crippen molar-refractivity contribution in [1.82, 2.24) is 4.90 Å². The highest BCUT2D eigenvalue weighted by atomic mass is 32.1. The van der Waals surface area contributed by atoms with Crippen LogP contribution in [0.3, 0.4) is 0 Å². The summed E-state index contributed by atoms with van der Waals surface area (Å²) in [6.45, 7) is 2.20. The second-order valence-electron chi connectivity index (χ2n) is 6.27. The third kappa shape index (κ3) is 2.74. The number of hydrogen-bond donors (Lipinski definition) is 0. The first-order valence-electron chi connectivity index (χ1n) is 7.90. The van der Waals surface area contributed by atoms with Gasteiger partial charge in [0.2, 0.25) is 0 Å². The molecule has 1 aromatic rings. The van der Waals surface area contributed by atoms with Gasteiger partial charge >= 0.3 is 0 Å². The van der Waals surface area contributed by atoms with Crippen molar-refractivity contribution < 1.29 is 14.3 Å². The molecule has 0 bridgehead atoms. The summed E-state index contributed by atoms with van der Waals surface area (Å²) in [6, 6.07) is 4.04. The lowest BCUT2D eigenvalue weighted by molar-refractivity contribution is -0.106. The lowest BCUT2D eigenvalue weighted by Gasteiger charge is -2.38. The van der Waals surface area contributed by atoms with Gasteiger partial charge in [-0.05, 0) is 43.0 Å². The lowest BCUT2D eigenvalue weighted by Crippen LogP contribution is -2.53. The van der Waals surface area contributed by atoms with Gasteiger partial charge in [0.15, 0.2) is 0 Å². The quantitative estimate of drug-likeness (QED) is 0.858. The summed E-state index contributed by atoms with van der Waals surface area (Å²) in [7, 11) is 0. The smallest absolute Gasteiger partial charge is 0.264 e. The maximum absolute atomic E-state index is 12.6. The lowest BCUT2D eigenvalue weighted by atomic mass is 10.1. The standard InChI is InChI=1S/C16H21NO3S/c18-16(14-2-1-9-21-14)17-7-8-19-15-12(17)5-6-13(15)20-10-11-3-4-11/h1-2,9,11-13,15H,3-8,10H2/t12-,13+,15+/m0/s1. The molecule has 114 valence electrons. The van der Waals surface area contributed by atoms with Crippen molar-refractivity contribution in [2.45, 2.75) is 43.9 Å². The van der Waals surface area contributed by atoms with E-state index >= 15 is 0 Å². The van der Waals surface area contributed by atoms with Gasteiger partial charge in [0.05, 0.1) is 23.6 Å². The molecule has 0 radical (unpaired) electrons. The zero-order valence-corrected chi connectivity index (χ0v) is 12.9. The van der Waals surface area contributed by atoms with Gasteiger partial charge in [-0.1, -0.05) is 6.07 Å². The number of thiophene rings is 1. The number of rotatable bonds is 4. The molecule has 1 aliphatic heterocycles. The third-order valence-corrected chi connectivity index (χ3v) is 5.63. The van der Waals surface area contributed by atoms with E-state index in [1.807, 2.05) is 22.4 Å². The van der Waals surface area contributed by atoms with E-state index in [-0.39, 0.29) is 24.2 Å². The van der Waals surface area contributed by atoms with E-state index in [4.69, 9.17) is 9.47 Å². The van der Waals surface area contributed by atoms with Crippen molar-refractivity contribution in [3.05, 3.63) is 22.4 Å². The van der Waals surface area contributed by atoms with Crippen molar-refractivity contribution in [2.24, 2.45) is 5.92 Å². The zero-order chi connectivity index (χ0) is 14.2. The van der Waals surface area contributed by atoms with Crippen LogP contribution in [0.1, 0.15) is 35.4 Å². The molecule has 1 aromatic heterocycles. The van der Waals surface area contributed by atoms with Gasteiger partial charge < -0.3 is 14.4 Å². The highest BCUT2D eigenvalue weighted by molar-refractivity contribution is 7.12. The number of fused-ring (bicyclic) bond motifs is 1. The molecule has 2 saturated carbocycles. The molecule has 3 atom stereocenters. The Balaban J connectivity index is 1.44. The minimum absolute atomic E-state index is 0.0708. The van der Waals surface area contributed by atoms with Crippen LogP contribution in [0.25, 0.3) is 0 Å². The topological polar surface area (TPSA) is 38.8 Å². The summed E-state index contributed by atoms with van der Waals surface area (Å²) in [6.07, 6.45) is 4.87. The summed E-state index contributed by atoms with van der Waals surface area (Å²) in [5.41, 5.74) is 0. The van der Waals surface area contributed by atoms with Gasteiger partial charge in [0.25, 0.3) is 5.91 Å². The third-order valence-electron chi connectivity index (χ3n) is 4.77. The average Bonchev–Trinajstić information content (AvgIpc) is 3.03. The molecular formula is C16H21NO3S. The Morgan fingerprint density at radius 1 is 1.38 bits per heavy atom. The van der Waals surface area contributed by atoms with E-state index in [2.05, 4.69) is 0 Å². The van der Waals surface area contributed by atoms with E-state index in [0.29, 0.717) is 13.2 Å². The van der Waals surface area contributed by atoms with Crippen LogP contribution in [0.15, 0.2) is 17.5 Å². The average molecular weight is 307 g/mol. The van der Waals surface area contributed by atoms with Gasteiger partial charge in [-0.2, -0.15) is 0 Å². The summed E-state index contributed by atoms with van der Waals surface area (Å²) >= 11 is 1.52. The molecule has 0 N–H and O–H groups in total. The Morgan fingerprint density at radius 3 is 3.05 bits per heavy atom. The van der Waals surface area contributed by atoms with E-state index < -0.39 is 0 Å². The minimum atomic E-state index is 0.0708. The van der Waals surface area contributed by atoms with Gasteiger partial charge in [-0.15, -0.1) is 11.3 Å². The van der Waals surface area contributed by atoms with Gasteiger partial charge in [-0.3, -0.25) is 4.79 Å². The Morgan fingerprint density at radius 2 is 2.29 bits per heavy atom. The van der Waals surface area contributed by atoms with Crippen LogP contribution < -0.4 is 0 Å². The molecule has 0 aromatic carbocycles. The first kappa shape index (κ1) is 13.7. The Hall–Kier alpha value is -0.910. The van der Waals surface area contributed by atoms with Crippen LogP contribution in [-0.4, -0.2) is 48.8 Å². The van der Waals surface area contributed by atoms with E-state index in [9.17, 15) is 4.79 Å². The Kier molecular flexibility index (Phi) is 3.73. The van der Waals surface area contributed by atoms with E-state index in [1.54, 1.807) is 0 Å². The van der Waals surface area contributed by atoms with Gasteiger partial charge in [-0.25, -0.2) is 0 Å². The highest BCUT2D eigenvalue weighted by Gasteiger charge is 2.45. The highest BCUT2D eigenvalue weighted by Crippen LogP contribution is 2.35. The van der Waals surface area contributed by atoms with Crippen molar-refractivity contribution >= 4 is 17.2 Å². The molecule has 0 spiro atoms. The monoisotopic (exact) mass is 307 g/mol. The molecule has 1 amide bonds. The number of nitrogens with zero attached hydrogens (tertiary/aromatic N) is 1. The molecule has 21 heavy (non-hydrogen) atoms. The van der Waals surface area contributed by atoms with Crippen LogP contribution in [0.5, 0.6) is 0 Å². The molecule has 4 nitrogen and oxygen atoms in total. The molecule has 3 fully saturated rings. The largest absolute Gasteiger partial charge is 0.375 e. The molecule has 4 rings (SSSR count). The molecule has 5 heteroatoms. The Bertz CT molecular complexity index is 500. The van der Waals surface area contributed by atoms with Crippen molar-refractivity contribution in [3.8, 4) is 0 Å². The van der Waals surface area contributed by atoms with Crippen LogP contribution in [-0.2, 0) is 9.47 Å². The fourth-order valence-corrected chi connectivity index (χ4v) is 4.11. The van der Waals surface area contributed by atoms with Crippen molar-refractivity contribution in [2.75, 3.05) is 19.8 Å². The molecule has 1 saturated heterocycles. The van der Waals surface area contributed by atoms with Gasteiger partial charge in [0.1, 0.15) is 6.10 Å². The zero-order valence-electron chi connectivity index (χ0n) is 12.1. The van der Waals surface area contributed by atoms with Gasteiger partial charge in [0, 0.05) is 13.2 Å². The Labute approximate surface area is 129 Å². The first-order chi connectivity index (χ1) is 10.3. The number of amides is 1. The second kappa shape index (κ2) is 5.71. The van der Waals surface area contributed by atoms with Crippen molar-refractivity contribution in [1.29, 1.82) is 0 Å². The van der Waals surface area contributed by atoms with Crippen molar-refractivity contribution in [3.63, 3.8) is 0 Å². The van der Waals surface area contributed by atoms with E-state index in [0.717, 1.165) is 30.2 Å². The van der Waals surface area contributed by atoms with Crippen LogP contribution >= 0.6 is 11.3 Å². The molecule has 3 aliphatic rings. The number of hydrogen-bond acceptors (Lipinski definition) is 4. The maximum Gasteiger partial charge on any atom is 0.264 e. The van der Waals surface area contributed by atoms with Crippen LogP contribution in [0, 0.1) is 5.92 Å². The predicted molar refractivity (Wildman–Crippen MR) is 80.6 cm³/mol. The number of carbonyl (C=O) groups is 1. The van der Waals surface area contributed by atoms with Crippen LogP contribution in [0.4, 0.5) is 0 Å². The summed E-state index contributed by atoms with van der Waals surface area (Å²) < 4.78 is 12.0. The number of carbonyl (C=O) groups excluding carboxylic acids is 1. The summed E-state index contributed by atoms with van der Waals surface area (Å²) in [4.78, 5) is 15.5. The minimum Gasteiger partial charge on any atom is -0.375 e. The molecule has 0 unspecified atom stereocenters. The van der Waals surface area contributed by atoms with E-state index in [1.165, 1.54) is 24.2 Å². The summed E-state index contributed by atoms with van der Waals surface area (Å²) in [5, 5.41) is 1.96. The number of morpholine rings is 1. The normalized spacial score (nSPS) is 32.2. The fourth-order valence-electron chi connectivity index (χ4n) is 3.43. The number of ether oxygens (including phenoxy) is 2. The molecule has 2 aliphatic carbocycles. The maximum atomic E-state index is 12.6. The predicted octanol–water partition coefficient (Wildman–Crippen LogP) is 2.55. The molecular weight excluding hydrogens is 286 g/mol. The fraction of sp³-hybridized carbons (Fsp3) is 0.688. The first-order valence-corrected chi connectivity index (χ1v) is 8.78.